The van der Waals surface area contributed by atoms with Gasteiger partial charge in [-0.05, 0) is 17.5 Å². The first-order chi connectivity index (χ1) is 8.57. The molecule has 0 atom stereocenters. The Labute approximate surface area is 107 Å². The predicted octanol–water partition coefficient (Wildman–Crippen LogP) is 4.21. The Morgan fingerprint density at radius 2 is 1.42 bits per heavy atom. The van der Waals surface area contributed by atoms with Crippen molar-refractivity contribution in [2.45, 2.75) is 18.0 Å². The zero-order valence-corrected chi connectivity index (χ0v) is 9.83. The number of alkyl halides is 6. The van der Waals surface area contributed by atoms with Gasteiger partial charge in [0.1, 0.15) is 0 Å². The van der Waals surface area contributed by atoms with Crippen LogP contribution < -0.4 is 0 Å². The topological polar surface area (TPSA) is 20.2 Å². The van der Waals surface area contributed by atoms with Crippen LogP contribution in [0.1, 0.15) is 4.88 Å². The number of fused-ring (bicyclic) bond motifs is 1. The summed E-state index contributed by atoms with van der Waals surface area (Å²) in [5, 5.41) is 9.43. The third-order valence-corrected chi connectivity index (χ3v) is 3.83. The minimum absolute atomic E-state index is 0.217. The number of halogens is 6. The second-order valence-corrected chi connectivity index (χ2v) is 4.94. The summed E-state index contributed by atoms with van der Waals surface area (Å²) in [6, 6.07) is 6.45. The lowest BCUT2D eigenvalue weighted by Crippen LogP contribution is -2.53. The molecule has 2 rings (SSSR count). The number of hydrogen-bond donors (Lipinski definition) is 1. The molecular formula is C11H6F6OS. The second kappa shape index (κ2) is 4.11. The van der Waals surface area contributed by atoms with Gasteiger partial charge >= 0.3 is 12.4 Å². The molecule has 0 saturated carbocycles. The molecule has 2 aromatic rings. The maximum Gasteiger partial charge on any atom is 0.431 e. The molecule has 0 aliphatic carbocycles. The summed E-state index contributed by atoms with van der Waals surface area (Å²) in [6.45, 7) is 0. The van der Waals surface area contributed by atoms with E-state index >= 15 is 0 Å². The van der Waals surface area contributed by atoms with Crippen LogP contribution in [-0.2, 0) is 5.60 Å². The number of thiophene rings is 1. The maximum absolute atomic E-state index is 12.7. The Kier molecular flexibility index (Phi) is 3.06. The van der Waals surface area contributed by atoms with E-state index < -0.39 is 22.8 Å². The lowest BCUT2D eigenvalue weighted by Gasteiger charge is -2.31. The highest BCUT2D eigenvalue weighted by molar-refractivity contribution is 7.19. The number of aliphatic hydroxyl groups is 1. The predicted molar refractivity (Wildman–Crippen MR) is 57.8 cm³/mol. The molecule has 0 aliphatic heterocycles. The number of rotatable bonds is 1. The highest BCUT2D eigenvalue weighted by Gasteiger charge is 2.72. The van der Waals surface area contributed by atoms with Crippen LogP contribution >= 0.6 is 11.3 Å². The fourth-order valence-corrected chi connectivity index (χ4v) is 2.79. The summed E-state index contributed by atoms with van der Waals surface area (Å²) in [4.78, 5) is -1.19. The van der Waals surface area contributed by atoms with E-state index in [9.17, 15) is 31.4 Å². The van der Waals surface area contributed by atoms with Gasteiger partial charge in [0.15, 0.2) is 0 Å². The summed E-state index contributed by atoms with van der Waals surface area (Å²) in [5.74, 6) is 0. The SMILES string of the molecule is OC(c1cc2ccccc2s1)(C(F)(F)F)C(F)(F)F. The molecule has 1 N–H and O–H groups in total. The first kappa shape index (κ1) is 14.1. The van der Waals surface area contributed by atoms with Gasteiger partial charge in [-0.15, -0.1) is 11.3 Å². The van der Waals surface area contributed by atoms with Crippen molar-refractivity contribution < 1.29 is 31.4 Å². The lowest BCUT2D eigenvalue weighted by molar-refractivity contribution is -0.374. The molecule has 0 unspecified atom stereocenters. The van der Waals surface area contributed by atoms with Crippen molar-refractivity contribution in [2.24, 2.45) is 0 Å². The molecule has 1 nitrogen and oxygen atoms in total. The Morgan fingerprint density at radius 1 is 0.895 bits per heavy atom. The molecule has 1 aromatic carbocycles. The molecule has 0 saturated heterocycles. The highest BCUT2D eigenvalue weighted by atomic mass is 32.1. The molecule has 1 heterocycles. The largest absolute Gasteiger partial charge is 0.431 e. The van der Waals surface area contributed by atoms with Crippen molar-refractivity contribution in [1.29, 1.82) is 0 Å². The Balaban J connectivity index is 2.69. The minimum atomic E-state index is -5.84. The summed E-state index contributed by atoms with van der Waals surface area (Å²) in [6.07, 6.45) is -11.7. The van der Waals surface area contributed by atoms with E-state index in [1.165, 1.54) is 24.3 Å². The first-order valence-corrected chi connectivity index (χ1v) is 5.74. The van der Waals surface area contributed by atoms with Crippen molar-refractivity contribution in [2.75, 3.05) is 0 Å². The number of hydrogen-bond acceptors (Lipinski definition) is 2. The first-order valence-electron chi connectivity index (χ1n) is 4.92. The summed E-state index contributed by atoms with van der Waals surface area (Å²) >= 11 is 0.268. The standard InChI is InChI=1S/C11H6F6OS/c12-10(13,14)9(18,11(15,16)17)8-5-6-3-1-2-4-7(6)19-8/h1-5,18H. The van der Waals surface area contributed by atoms with E-state index in [2.05, 4.69) is 0 Å². The van der Waals surface area contributed by atoms with Crippen LogP contribution in [0, 0.1) is 0 Å². The number of benzene rings is 1. The molecule has 0 spiro atoms. The van der Waals surface area contributed by atoms with E-state index in [1.807, 2.05) is 0 Å². The highest BCUT2D eigenvalue weighted by Crippen LogP contribution is 2.52. The Bertz CT molecular complexity index is 550. The van der Waals surface area contributed by atoms with Crippen molar-refractivity contribution in [3.63, 3.8) is 0 Å². The summed E-state index contributed by atoms with van der Waals surface area (Å²) in [5.41, 5.74) is -4.84. The van der Waals surface area contributed by atoms with E-state index in [0.29, 0.717) is 6.07 Å². The second-order valence-electron chi connectivity index (χ2n) is 3.85. The molecular weight excluding hydrogens is 294 g/mol. The smallest absolute Gasteiger partial charge is 0.369 e. The van der Waals surface area contributed by atoms with Gasteiger partial charge in [0, 0.05) is 4.70 Å². The van der Waals surface area contributed by atoms with Gasteiger partial charge in [0.05, 0.1) is 4.88 Å². The van der Waals surface area contributed by atoms with Crippen molar-refractivity contribution in [1.82, 2.24) is 0 Å². The molecule has 0 radical (unpaired) electrons. The van der Waals surface area contributed by atoms with Crippen LogP contribution in [0.4, 0.5) is 26.3 Å². The Morgan fingerprint density at radius 3 is 1.89 bits per heavy atom. The lowest BCUT2D eigenvalue weighted by atomic mass is 10.00. The third-order valence-electron chi connectivity index (χ3n) is 2.60. The monoisotopic (exact) mass is 300 g/mol. The fourth-order valence-electron chi connectivity index (χ4n) is 1.60. The van der Waals surface area contributed by atoms with Crippen LogP contribution in [0.2, 0.25) is 0 Å². The van der Waals surface area contributed by atoms with Crippen LogP contribution in [0.25, 0.3) is 10.1 Å². The van der Waals surface area contributed by atoms with Gasteiger partial charge in [0.25, 0.3) is 5.60 Å². The van der Waals surface area contributed by atoms with E-state index in [0.717, 1.165) is 0 Å². The van der Waals surface area contributed by atoms with E-state index in [1.54, 1.807) is 0 Å². The minimum Gasteiger partial charge on any atom is -0.369 e. The van der Waals surface area contributed by atoms with Gasteiger partial charge in [-0.1, -0.05) is 18.2 Å². The molecule has 0 bridgehead atoms. The third kappa shape index (κ3) is 2.08. The Hall–Kier alpha value is -1.28. The molecule has 8 heteroatoms. The van der Waals surface area contributed by atoms with Gasteiger partial charge < -0.3 is 5.11 Å². The molecule has 19 heavy (non-hydrogen) atoms. The zero-order chi connectivity index (χ0) is 14.5. The average Bonchev–Trinajstić information content (AvgIpc) is 2.68. The summed E-state index contributed by atoms with van der Waals surface area (Å²) in [7, 11) is 0. The van der Waals surface area contributed by atoms with Crippen LogP contribution in [0.3, 0.4) is 0 Å². The van der Waals surface area contributed by atoms with Crippen LogP contribution in [0.5, 0.6) is 0 Å². The van der Waals surface area contributed by atoms with Crippen molar-refractivity contribution in [3.8, 4) is 0 Å². The maximum atomic E-state index is 12.7. The van der Waals surface area contributed by atoms with Crippen molar-refractivity contribution >= 4 is 21.4 Å². The van der Waals surface area contributed by atoms with Gasteiger partial charge in [-0.25, -0.2) is 0 Å². The molecule has 104 valence electrons. The normalized spacial score (nSPS) is 14.1. The van der Waals surface area contributed by atoms with Gasteiger partial charge in [-0.2, -0.15) is 26.3 Å². The van der Waals surface area contributed by atoms with Crippen molar-refractivity contribution in [3.05, 3.63) is 35.2 Å². The van der Waals surface area contributed by atoms with Gasteiger partial charge in [-0.3, -0.25) is 0 Å². The average molecular weight is 300 g/mol. The molecule has 0 amide bonds. The summed E-state index contributed by atoms with van der Waals surface area (Å²) < 4.78 is 76.1. The molecule has 0 fully saturated rings. The van der Waals surface area contributed by atoms with E-state index in [-0.39, 0.29) is 21.4 Å². The van der Waals surface area contributed by atoms with Gasteiger partial charge in [0.2, 0.25) is 0 Å². The quantitative estimate of drug-likeness (QED) is 0.782. The molecule has 1 aromatic heterocycles. The fraction of sp³-hybridized carbons (Fsp3) is 0.273. The zero-order valence-electron chi connectivity index (χ0n) is 9.01. The van der Waals surface area contributed by atoms with Crippen LogP contribution in [0.15, 0.2) is 30.3 Å². The van der Waals surface area contributed by atoms with E-state index in [4.69, 9.17) is 0 Å². The van der Waals surface area contributed by atoms with Crippen LogP contribution in [-0.4, -0.2) is 17.5 Å². The molecule has 0 aliphatic rings.